The molecule has 7 rings (SSSR count). The molecule has 3 amide bonds. The number of halogens is 3. The number of amides is 3. The van der Waals surface area contributed by atoms with Crippen molar-refractivity contribution < 1.29 is 215 Å². The number of alkyl halides is 1. The van der Waals surface area contributed by atoms with Crippen molar-refractivity contribution >= 4 is 83.2 Å². The number of Topliss-reactive ketones (excluding diaryl/α,β-unsaturated/α-hetero) is 2. The molecule has 0 atom stereocenters. The van der Waals surface area contributed by atoms with Gasteiger partial charge in [-0.15, -0.1) is 0 Å². The summed E-state index contributed by atoms with van der Waals surface area (Å²) in [6.45, 7) is 24.9. The topological polar surface area (TPSA) is 144 Å². The summed E-state index contributed by atoms with van der Waals surface area (Å²) in [5.41, 5.74) is 8.93. The van der Waals surface area contributed by atoms with Gasteiger partial charge in [-0.25, -0.2) is 18.7 Å². The van der Waals surface area contributed by atoms with Crippen molar-refractivity contribution in [2.45, 2.75) is 95.5 Å². The average Bonchev–Trinajstić information content (AvgIpc) is 3.84. The number of pyridine rings is 3. The first-order chi connectivity index (χ1) is 29.9. The number of carbonyl (C=O) groups excluding carboxylic acids is 4. The Hall–Kier alpha value is 1.57. The number of benzene rings is 2. The summed E-state index contributed by atoms with van der Waals surface area (Å²) in [5, 5.41) is 0.400. The molecule has 1 fully saturated rings. The van der Waals surface area contributed by atoms with E-state index in [0.29, 0.717) is 11.1 Å². The van der Waals surface area contributed by atoms with E-state index in [4.69, 9.17) is 5.73 Å². The zero-order valence-electron chi connectivity index (χ0n) is 45.0. The summed E-state index contributed by atoms with van der Waals surface area (Å²) in [7, 11) is 0. The van der Waals surface area contributed by atoms with E-state index >= 15 is 0 Å². The first-order valence-electron chi connectivity index (χ1n) is 20.6. The molecule has 71 heavy (non-hydrogen) atoms. The van der Waals surface area contributed by atoms with Gasteiger partial charge in [-0.3, -0.25) is 19.4 Å². The van der Waals surface area contributed by atoms with Gasteiger partial charge in [0, 0.05) is 244 Å². The number of hydrogen-bond acceptors (Lipinski definition) is 8. The molecule has 20 heteroatoms. The van der Waals surface area contributed by atoms with Gasteiger partial charge in [0.2, 0.25) is 0 Å². The SMILES string of the molecule is CC.CC.CC.CC.CC.CC(=O)c1ccccc1.CC1(C)C(=O)N(Br)C(=O)N1Br.Nc1ccccn1.O=C(CBr)c1ccccc1.[CH3-].[CH3-].[CH3-].[Y].[Y].[Y].[Y].[Y].[Y].c1cncc(-c2cn3ccccc3n2)c1. The minimum absolute atomic E-state index is 0. The minimum atomic E-state index is -0.805. The van der Waals surface area contributed by atoms with E-state index in [1.165, 1.54) is 3.93 Å². The summed E-state index contributed by atoms with van der Waals surface area (Å²) in [6, 6.07) is 33.4. The molecule has 0 saturated carbocycles. The van der Waals surface area contributed by atoms with E-state index < -0.39 is 11.6 Å². The number of hydrogen-bond donors (Lipinski definition) is 1. The van der Waals surface area contributed by atoms with E-state index in [1.807, 2.05) is 195 Å². The van der Waals surface area contributed by atoms with Crippen molar-refractivity contribution in [2.24, 2.45) is 0 Å². The number of imidazole rings is 1. The van der Waals surface area contributed by atoms with Crippen molar-refractivity contribution in [3.8, 4) is 11.3 Å². The van der Waals surface area contributed by atoms with E-state index in [1.54, 1.807) is 39.2 Å². The predicted octanol–water partition coefficient (Wildman–Crippen LogP) is 15.3. The second-order valence-corrected chi connectivity index (χ2v) is 13.1. The zero-order valence-corrected chi connectivity index (χ0v) is 66.8. The summed E-state index contributed by atoms with van der Waals surface area (Å²) in [6.07, 6.45) is 9.24. The Morgan fingerprint density at radius 1 is 0.620 bits per heavy atom. The van der Waals surface area contributed by atoms with Crippen LogP contribution in [0.4, 0.5) is 10.6 Å². The number of aromatic nitrogens is 4. The van der Waals surface area contributed by atoms with Gasteiger partial charge >= 0.3 is 6.03 Å². The van der Waals surface area contributed by atoms with Crippen LogP contribution in [0.5, 0.6) is 0 Å². The molecule has 1 aliphatic heterocycles. The first kappa shape index (κ1) is 101. The fraction of sp³-hybridized carbons (Fsp3) is 0.294. The van der Waals surface area contributed by atoms with Crippen molar-refractivity contribution in [3.05, 3.63) is 174 Å². The molecule has 4 aromatic heterocycles. The molecule has 0 aliphatic carbocycles. The maximum absolute atomic E-state index is 11.2. The Balaban J connectivity index is -0.0000000577. The van der Waals surface area contributed by atoms with Crippen LogP contribution in [0.15, 0.2) is 140 Å². The number of carbonyl (C=O) groups is 4. The number of ketones is 2. The molecule has 11 nitrogen and oxygen atoms in total. The van der Waals surface area contributed by atoms with Crippen LogP contribution in [0.3, 0.4) is 0 Å². The number of anilines is 1. The summed E-state index contributed by atoms with van der Waals surface area (Å²) >= 11 is 8.95. The first-order valence-corrected chi connectivity index (χ1v) is 23.1. The number of nitrogens with zero attached hydrogens (tertiary/aromatic N) is 6. The monoisotopic (exact) mass is 1620 g/mol. The van der Waals surface area contributed by atoms with Crippen molar-refractivity contribution in [1.29, 1.82) is 0 Å². The van der Waals surface area contributed by atoms with Gasteiger partial charge in [-0.1, -0.05) is 158 Å². The van der Waals surface area contributed by atoms with Crippen molar-refractivity contribution in [3.63, 3.8) is 0 Å². The molecule has 6 radical (unpaired) electrons. The fourth-order valence-corrected chi connectivity index (χ4v) is 5.50. The molecular weight excluding hydrogens is 1550 g/mol. The zero-order chi connectivity index (χ0) is 48.1. The van der Waals surface area contributed by atoms with E-state index in [9.17, 15) is 19.2 Å². The van der Waals surface area contributed by atoms with Crippen molar-refractivity contribution in [1.82, 2.24) is 27.2 Å². The Kier molecular flexibility index (Phi) is 94.0. The third-order valence-electron chi connectivity index (χ3n) is 6.93. The van der Waals surface area contributed by atoms with Crippen LogP contribution in [0, 0.1) is 22.3 Å². The van der Waals surface area contributed by atoms with Crippen LogP contribution in [0.1, 0.15) is 111 Å². The van der Waals surface area contributed by atoms with Gasteiger partial charge in [0.25, 0.3) is 5.91 Å². The molecular formula is C51H75Br3N7O4Y6-3. The Morgan fingerprint density at radius 2 is 1.07 bits per heavy atom. The van der Waals surface area contributed by atoms with Crippen LogP contribution >= 0.6 is 48.2 Å². The van der Waals surface area contributed by atoms with Gasteiger partial charge in [-0.2, -0.15) is 3.93 Å². The quantitative estimate of drug-likeness (QED) is 0.0604. The fourth-order valence-electron chi connectivity index (χ4n) is 4.07. The Bertz CT molecular complexity index is 2040. The molecule has 0 unspecified atom stereocenters. The van der Waals surface area contributed by atoms with Crippen LogP contribution in [-0.2, 0) is 201 Å². The third-order valence-corrected chi connectivity index (χ3v) is 9.26. The molecule has 380 valence electrons. The van der Waals surface area contributed by atoms with Crippen LogP contribution in [0.2, 0.25) is 0 Å². The summed E-state index contributed by atoms with van der Waals surface area (Å²) in [4.78, 5) is 56.3. The maximum atomic E-state index is 11.2. The van der Waals surface area contributed by atoms with Crippen molar-refractivity contribution in [2.75, 3.05) is 11.1 Å². The van der Waals surface area contributed by atoms with E-state index in [2.05, 4.69) is 63.2 Å². The van der Waals surface area contributed by atoms with Crippen LogP contribution < -0.4 is 5.73 Å². The Morgan fingerprint density at radius 3 is 1.37 bits per heavy atom. The summed E-state index contributed by atoms with van der Waals surface area (Å²) in [5.74, 6) is 0.540. The molecule has 2 aromatic carbocycles. The molecule has 0 bridgehead atoms. The maximum Gasteiger partial charge on any atom is 0.348 e. The number of fused-ring (bicyclic) bond motifs is 1. The standard InChI is InChI=1S/C12H9N3.C8H7BrO.C8H8O.C5H6Br2N2O2.C5H6N2.5C2H6.3CH3.6Y/c1-2-7-15-9-11(14-12(15)5-1)10-4-3-6-13-8-10;9-6-8(10)7-4-2-1-3-5-7;1-7(9)8-5-3-2-4-6-8;1-5(2)3(10)8(6)4(11)9(5)7;6-5-3-1-2-4-7-5;5*1-2;;;;;;;;;/h1-9H;1-5H,6H2;2-6H,1H3;1-2H3;1-4H,(H2,6,7);5*1-2H3;3*1H3;;;;;;/q;;;;;;;;;;3*-1;;;;;;. The summed E-state index contributed by atoms with van der Waals surface area (Å²) < 4.78 is 4.11. The Labute approximate surface area is 606 Å². The second-order valence-electron chi connectivity index (χ2n) is 11.1. The van der Waals surface area contributed by atoms with Gasteiger partial charge in [0.05, 0.1) is 43.3 Å². The number of imide groups is 1. The van der Waals surface area contributed by atoms with Crippen LogP contribution in [0.25, 0.3) is 16.9 Å². The number of nitrogens with two attached hydrogens (primary N) is 1. The van der Waals surface area contributed by atoms with Gasteiger partial charge in [-0.05, 0) is 57.2 Å². The average molecular weight is 1620 g/mol. The number of rotatable bonds is 4. The van der Waals surface area contributed by atoms with Gasteiger partial charge in [0.1, 0.15) is 17.0 Å². The number of urea groups is 1. The molecule has 1 saturated heterocycles. The van der Waals surface area contributed by atoms with E-state index in [-0.39, 0.29) is 236 Å². The molecule has 1 aliphatic rings. The molecule has 6 aromatic rings. The smallest absolute Gasteiger partial charge is 0.348 e. The van der Waals surface area contributed by atoms with Gasteiger partial charge in [0.15, 0.2) is 11.6 Å². The third kappa shape index (κ3) is 42.2. The van der Waals surface area contributed by atoms with Gasteiger partial charge < -0.3 is 32.4 Å². The molecule has 2 N–H and O–H groups in total. The molecule has 0 spiro atoms. The second kappa shape index (κ2) is 65.9. The predicted molar refractivity (Wildman–Crippen MR) is 290 cm³/mol. The molecule has 5 heterocycles. The minimum Gasteiger partial charge on any atom is -0.384 e. The normalized spacial score (nSPS) is 9.58. The van der Waals surface area contributed by atoms with E-state index in [0.717, 1.165) is 32.0 Å². The largest absolute Gasteiger partial charge is 0.384 e. The van der Waals surface area contributed by atoms with Crippen LogP contribution in [-0.4, -0.2) is 61.6 Å². The number of nitrogen functional groups attached to an aromatic ring is 1.